The van der Waals surface area contributed by atoms with Crippen molar-refractivity contribution in [3.05, 3.63) is 44.9 Å². The average Bonchev–Trinajstić information content (AvgIpc) is 2.70. The minimum atomic E-state index is -0.688. The van der Waals surface area contributed by atoms with Crippen LogP contribution in [0.4, 0.5) is 15.9 Å². The lowest BCUT2D eigenvalue weighted by molar-refractivity contribution is 0.0998. The van der Waals surface area contributed by atoms with Gasteiger partial charge in [-0.05, 0) is 46.9 Å². The van der Waals surface area contributed by atoms with Gasteiger partial charge in [-0.15, -0.1) is 0 Å². The molecule has 5 nitrogen and oxygen atoms in total. The molecule has 7 heteroatoms. The van der Waals surface area contributed by atoms with E-state index < -0.39 is 11.7 Å². The number of benzene rings is 1. The third-order valence-electron chi connectivity index (χ3n) is 3.04. The molecule has 0 aliphatic carbocycles. The van der Waals surface area contributed by atoms with E-state index in [4.69, 9.17) is 5.73 Å². The Hall–Kier alpha value is -1.90. The first-order chi connectivity index (χ1) is 9.81. The second-order valence-corrected chi connectivity index (χ2v) is 5.77. The van der Waals surface area contributed by atoms with Gasteiger partial charge in [0.05, 0.1) is 16.9 Å². The van der Waals surface area contributed by atoms with Crippen LogP contribution in [0.2, 0.25) is 0 Å². The lowest BCUT2D eigenvalue weighted by atomic mass is 10.2. The lowest BCUT2D eigenvalue weighted by Crippen LogP contribution is -2.13. The summed E-state index contributed by atoms with van der Waals surface area (Å²) in [7, 11) is 1.61. The van der Waals surface area contributed by atoms with Crippen molar-refractivity contribution in [1.82, 2.24) is 4.57 Å². The van der Waals surface area contributed by atoms with Crippen LogP contribution in [0.5, 0.6) is 0 Å². The van der Waals surface area contributed by atoms with Crippen molar-refractivity contribution in [2.24, 2.45) is 12.8 Å². The van der Waals surface area contributed by atoms with Crippen molar-refractivity contribution in [2.45, 2.75) is 6.92 Å². The van der Waals surface area contributed by atoms with Crippen molar-refractivity contribution in [3.63, 3.8) is 0 Å². The molecule has 0 saturated heterocycles. The van der Waals surface area contributed by atoms with Crippen molar-refractivity contribution in [3.8, 4) is 0 Å². The number of ketones is 1. The van der Waals surface area contributed by atoms with Gasteiger partial charge in [-0.1, -0.05) is 0 Å². The molecular formula is C14H13FIN3O2. The van der Waals surface area contributed by atoms with Crippen LogP contribution in [0.3, 0.4) is 0 Å². The maximum atomic E-state index is 13.9. The summed E-state index contributed by atoms with van der Waals surface area (Å²) in [5.41, 5.74) is 5.97. The van der Waals surface area contributed by atoms with E-state index >= 15 is 0 Å². The highest BCUT2D eigenvalue weighted by Crippen LogP contribution is 2.27. The van der Waals surface area contributed by atoms with Crippen LogP contribution in [-0.2, 0) is 7.05 Å². The number of carbonyl (C=O) groups excluding carboxylic acids is 2. The SMILES string of the molecule is CC(=O)c1cc(C(N)=O)c(Nc2ccc(I)cc2F)n1C. The highest BCUT2D eigenvalue weighted by Gasteiger charge is 2.19. The number of anilines is 2. The van der Waals surface area contributed by atoms with Gasteiger partial charge in [-0.2, -0.15) is 0 Å². The van der Waals surface area contributed by atoms with Gasteiger partial charge in [-0.25, -0.2) is 4.39 Å². The molecule has 1 aromatic heterocycles. The standard InChI is InChI=1S/C14H13FIN3O2/c1-7(20)12-6-9(13(17)21)14(19(12)2)18-11-4-3-8(16)5-10(11)15/h3-6,18H,1-2H3,(H2,17,21). The molecule has 0 bridgehead atoms. The molecule has 2 rings (SSSR count). The summed E-state index contributed by atoms with van der Waals surface area (Å²) >= 11 is 2.00. The minimum Gasteiger partial charge on any atom is -0.365 e. The molecule has 1 amide bonds. The van der Waals surface area contributed by atoms with E-state index in [-0.39, 0.29) is 22.9 Å². The quantitative estimate of drug-likeness (QED) is 0.611. The van der Waals surface area contributed by atoms with Crippen LogP contribution < -0.4 is 11.1 Å². The molecule has 0 atom stereocenters. The lowest BCUT2D eigenvalue weighted by Gasteiger charge is -2.11. The average molecular weight is 401 g/mol. The highest BCUT2D eigenvalue weighted by molar-refractivity contribution is 14.1. The number of nitrogens with one attached hydrogen (secondary N) is 1. The zero-order valence-electron chi connectivity index (χ0n) is 11.4. The molecule has 0 radical (unpaired) electrons. The molecule has 110 valence electrons. The molecule has 0 aliphatic heterocycles. The summed E-state index contributed by atoms with van der Waals surface area (Å²) in [6.07, 6.45) is 0. The molecule has 1 aromatic carbocycles. The first kappa shape index (κ1) is 15.5. The highest BCUT2D eigenvalue weighted by atomic mass is 127. The number of Topliss-reactive ketones (excluding diaryl/α,β-unsaturated/α-hetero) is 1. The van der Waals surface area contributed by atoms with Gasteiger partial charge >= 0.3 is 0 Å². The second-order valence-electron chi connectivity index (χ2n) is 4.52. The summed E-state index contributed by atoms with van der Waals surface area (Å²) < 4.78 is 16.1. The number of aromatic nitrogens is 1. The first-order valence-corrected chi connectivity index (χ1v) is 7.11. The van der Waals surface area contributed by atoms with Gasteiger partial charge in [0.25, 0.3) is 5.91 Å². The summed E-state index contributed by atoms with van der Waals surface area (Å²) in [5.74, 6) is -1.07. The predicted molar refractivity (Wildman–Crippen MR) is 86.3 cm³/mol. The maximum Gasteiger partial charge on any atom is 0.252 e. The van der Waals surface area contributed by atoms with Gasteiger partial charge in [0.1, 0.15) is 11.6 Å². The Morgan fingerprint density at radius 1 is 1.33 bits per heavy atom. The zero-order valence-corrected chi connectivity index (χ0v) is 13.6. The molecule has 21 heavy (non-hydrogen) atoms. The van der Waals surface area contributed by atoms with E-state index in [0.29, 0.717) is 5.69 Å². The van der Waals surface area contributed by atoms with Crippen molar-refractivity contribution in [1.29, 1.82) is 0 Å². The number of halogens is 2. The van der Waals surface area contributed by atoms with Crippen LogP contribution in [0.25, 0.3) is 0 Å². The number of hydrogen-bond donors (Lipinski definition) is 2. The van der Waals surface area contributed by atoms with Gasteiger partial charge < -0.3 is 15.6 Å². The van der Waals surface area contributed by atoms with Crippen molar-refractivity contribution >= 4 is 45.8 Å². The maximum absolute atomic E-state index is 13.9. The molecule has 0 aliphatic rings. The van der Waals surface area contributed by atoms with E-state index in [2.05, 4.69) is 5.32 Å². The van der Waals surface area contributed by atoms with E-state index in [0.717, 1.165) is 3.57 Å². The third-order valence-corrected chi connectivity index (χ3v) is 3.71. The number of hydrogen-bond acceptors (Lipinski definition) is 3. The molecular weight excluding hydrogens is 388 g/mol. The Balaban J connectivity index is 2.52. The first-order valence-electron chi connectivity index (χ1n) is 6.03. The molecule has 0 unspecified atom stereocenters. The number of primary amides is 1. The van der Waals surface area contributed by atoms with Gasteiger partial charge in [0.2, 0.25) is 0 Å². The number of amides is 1. The van der Waals surface area contributed by atoms with E-state index in [1.165, 1.54) is 23.6 Å². The normalized spacial score (nSPS) is 10.5. The van der Waals surface area contributed by atoms with E-state index in [1.54, 1.807) is 19.2 Å². The van der Waals surface area contributed by atoms with Gasteiger partial charge in [-0.3, -0.25) is 9.59 Å². The van der Waals surface area contributed by atoms with Crippen LogP contribution >= 0.6 is 22.6 Å². The second kappa shape index (κ2) is 5.84. The van der Waals surface area contributed by atoms with E-state index in [9.17, 15) is 14.0 Å². The molecule has 3 N–H and O–H groups in total. The monoisotopic (exact) mass is 401 g/mol. The fourth-order valence-electron chi connectivity index (χ4n) is 2.00. The zero-order chi connectivity index (χ0) is 15.7. The predicted octanol–water partition coefficient (Wildman–Crippen LogP) is 2.81. The number of rotatable bonds is 4. The largest absolute Gasteiger partial charge is 0.365 e. The Kier molecular flexibility index (Phi) is 4.31. The minimum absolute atomic E-state index is 0.139. The van der Waals surface area contributed by atoms with Crippen LogP contribution in [0.1, 0.15) is 27.8 Å². The molecule has 2 aromatic rings. The summed E-state index contributed by atoms with van der Waals surface area (Å²) in [5, 5.41) is 2.82. The fraction of sp³-hybridized carbons (Fsp3) is 0.143. The molecule has 0 saturated carbocycles. The van der Waals surface area contributed by atoms with Gasteiger partial charge in [0.15, 0.2) is 5.78 Å². The topological polar surface area (TPSA) is 77.1 Å². The number of carbonyl (C=O) groups is 2. The number of nitrogens with two attached hydrogens (primary N) is 1. The summed E-state index contributed by atoms with van der Waals surface area (Å²) in [4.78, 5) is 23.0. The number of nitrogens with zero attached hydrogens (tertiary/aromatic N) is 1. The molecule has 0 fully saturated rings. The fourth-order valence-corrected chi connectivity index (χ4v) is 2.45. The Morgan fingerprint density at radius 2 is 2.00 bits per heavy atom. The van der Waals surface area contributed by atoms with Crippen molar-refractivity contribution in [2.75, 3.05) is 5.32 Å². The van der Waals surface area contributed by atoms with Gasteiger partial charge in [0, 0.05) is 17.5 Å². The Morgan fingerprint density at radius 3 is 2.52 bits per heavy atom. The third kappa shape index (κ3) is 3.07. The Labute approximate surface area is 134 Å². The summed E-state index contributed by atoms with van der Waals surface area (Å²) in [6.45, 7) is 1.38. The van der Waals surface area contributed by atoms with Crippen LogP contribution in [-0.4, -0.2) is 16.3 Å². The van der Waals surface area contributed by atoms with Crippen molar-refractivity contribution < 1.29 is 14.0 Å². The van der Waals surface area contributed by atoms with Crippen LogP contribution in [0, 0.1) is 9.39 Å². The molecule has 0 spiro atoms. The summed E-state index contributed by atoms with van der Waals surface area (Å²) in [6, 6.07) is 6.05. The Bertz CT molecular complexity index is 740. The van der Waals surface area contributed by atoms with Crippen LogP contribution in [0.15, 0.2) is 24.3 Å². The molecule has 1 heterocycles. The van der Waals surface area contributed by atoms with E-state index in [1.807, 2.05) is 22.6 Å². The smallest absolute Gasteiger partial charge is 0.252 e.